The molecule has 1 saturated carbocycles. The van der Waals surface area contributed by atoms with E-state index in [0.717, 1.165) is 43.9 Å². The van der Waals surface area contributed by atoms with Crippen LogP contribution in [0.3, 0.4) is 0 Å². The molecule has 1 aliphatic carbocycles. The average molecular weight is 324 g/mol. The van der Waals surface area contributed by atoms with Gasteiger partial charge in [-0.3, -0.25) is 9.78 Å². The van der Waals surface area contributed by atoms with Crippen LogP contribution in [0.25, 0.3) is 11.4 Å². The summed E-state index contributed by atoms with van der Waals surface area (Å²) in [5.41, 5.74) is 2.26. The van der Waals surface area contributed by atoms with E-state index in [1.807, 2.05) is 18.3 Å². The van der Waals surface area contributed by atoms with Crippen molar-refractivity contribution in [3.8, 4) is 11.4 Å². The third-order valence-corrected chi connectivity index (χ3v) is 5.41. The van der Waals surface area contributed by atoms with Crippen LogP contribution in [0.15, 0.2) is 30.7 Å². The third kappa shape index (κ3) is 2.83. The number of hydrogen-bond acceptors (Lipinski definition) is 3. The summed E-state index contributed by atoms with van der Waals surface area (Å²) in [6, 6.07) is 3.99. The second kappa shape index (κ2) is 6.38. The van der Waals surface area contributed by atoms with Gasteiger partial charge in [0.1, 0.15) is 5.82 Å². The Morgan fingerprint density at radius 3 is 2.62 bits per heavy atom. The largest absolute Gasteiger partial charge is 0.342 e. The maximum Gasteiger partial charge on any atom is 0.225 e. The van der Waals surface area contributed by atoms with Crippen LogP contribution in [-0.2, 0) is 11.3 Å². The predicted octanol–water partition coefficient (Wildman–Crippen LogP) is 2.90. The average Bonchev–Trinajstić information content (AvgIpc) is 3.21. The number of carbonyl (C=O) groups is 1. The minimum atomic E-state index is 0.299. The summed E-state index contributed by atoms with van der Waals surface area (Å²) in [6.45, 7) is 4.81. The minimum absolute atomic E-state index is 0.299. The van der Waals surface area contributed by atoms with Crippen molar-refractivity contribution in [3.63, 3.8) is 0 Å². The number of amides is 1. The molecular formula is C19H24N4O. The number of aromatic nitrogens is 3. The molecule has 5 heteroatoms. The van der Waals surface area contributed by atoms with E-state index >= 15 is 0 Å². The number of carbonyl (C=O) groups excluding carboxylic acids is 1. The van der Waals surface area contributed by atoms with Crippen molar-refractivity contribution in [2.45, 2.75) is 39.2 Å². The summed E-state index contributed by atoms with van der Waals surface area (Å²) in [6.07, 6.45) is 10.1. The zero-order valence-corrected chi connectivity index (χ0v) is 14.2. The minimum Gasteiger partial charge on any atom is -0.342 e. The smallest absolute Gasteiger partial charge is 0.225 e. The fraction of sp³-hybridized carbons (Fsp3) is 0.526. The van der Waals surface area contributed by atoms with Gasteiger partial charge >= 0.3 is 0 Å². The van der Waals surface area contributed by atoms with Crippen LogP contribution in [0.2, 0.25) is 0 Å². The van der Waals surface area contributed by atoms with Crippen LogP contribution in [0.1, 0.15) is 31.4 Å². The molecule has 2 aromatic heterocycles. The molecule has 24 heavy (non-hydrogen) atoms. The van der Waals surface area contributed by atoms with Gasteiger partial charge in [0, 0.05) is 61.3 Å². The Morgan fingerprint density at radius 2 is 1.92 bits per heavy atom. The lowest BCUT2D eigenvalue weighted by Gasteiger charge is -2.41. The van der Waals surface area contributed by atoms with Gasteiger partial charge in [-0.05, 0) is 31.9 Å². The molecule has 2 fully saturated rings. The molecule has 0 spiro atoms. The molecule has 3 heterocycles. The molecule has 0 aromatic carbocycles. The molecule has 126 valence electrons. The molecule has 0 radical (unpaired) electrons. The number of aryl methyl sites for hydroxylation is 1. The fourth-order valence-corrected chi connectivity index (χ4v) is 3.98. The van der Waals surface area contributed by atoms with Crippen molar-refractivity contribution in [1.29, 1.82) is 0 Å². The number of pyridine rings is 1. The van der Waals surface area contributed by atoms with Crippen molar-refractivity contribution in [2.24, 2.45) is 11.8 Å². The van der Waals surface area contributed by atoms with E-state index in [9.17, 15) is 4.79 Å². The van der Waals surface area contributed by atoms with Gasteiger partial charge in [-0.25, -0.2) is 4.98 Å². The van der Waals surface area contributed by atoms with Crippen molar-refractivity contribution in [1.82, 2.24) is 19.4 Å². The first-order valence-electron chi connectivity index (χ1n) is 8.93. The molecule has 1 saturated heterocycles. The number of hydrogen-bond donors (Lipinski definition) is 0. The summed E-state index contributed by atoms with van der Waals surface area (Å²) in [5, 5.41) is 0. The molecule has 4 rings (SSSR count). The Bertz CT molecular complexity index is 712. The first kappa shape index (κ1) is 15.4. The van der Waals surface area contributed by atoms with Crippen LogP contribution in [-0.4, -0.2) is 38.4 Å². The van der Waals surface area contributed by atoms with Crippen molar-refractivity contribution < 1.29 is 4.79 Å². The zero-order valence-electron chi connectivity index (χ0n) is 14.2. The predicted molar refractivity (Wildman–Crippen MR) is 92.2 cm³/mol. The van der Waals surface area contributed by atoms with Crippen LogP contribution in [0.5, 0.6) is 0 Å². The molecule has 0 N–H and O–H groups in total. The van der Waals surface area contributed by atoms with Crippen molar-refractivity contribution in [3.05, 3.63) is 36.4 Å². The Labute approximate surface area is 142 Å². The van der Waals surface area contributed by atoms with Crippen molar-refractivity contribution in [2.75, 3.05) is 13.1 Å². The Kier molecular flexibility index (Phi) is 4.08. The van der Waals surface area contributed by atoms with E-state index in [0.29, 0.717) is 17.7 Å². The van der Waals surface area contributed by atoms with E-state index in [1.54, 1.807) is 12.4 Å². The van der Waals surface area contributed by atoms with Gasteiger partial charge in [0.2, 0.25) is 5.91 Å². The first-order chi connectivity index (χ1) is 11.7. The van der Waals surface area contributed by atoms with Gasteiger partial charge in [0.05, 0.1) is 0 Å². The summed E-state index contributed by atoms with van der Waals surface area (Å²) in [4.78, 5) is 23.1. The zero-order chi connectivity index (χ0) is 16.5. The Balaban J connectivity index is 1.41. The second-order valence-corrected chi connectivity index (χ2v) is 7.16. The van der Waals surface area contributed by atoms with E-state index in [1.165, 1.54) is 18.5 Å². The van der Waals surface area contributed by atoms with Gasteiger partial charge in [-0.1, -0.05) is 12.8 Å². The molecular weight excluding hydrogens is 300 g/mol. The highest BCUT2D eigenvalue weighted by atomic mass is 16.2. The fourth-order valence-electron chi connectivity index (χ4n) is 3.98. The number of imidazole rings is 1. The highest BCUT2D eigenvalue weighted by molar-refractivity contribution is 5.79. The van der Waals surface area contributed by atoms with Gasteiger partial charge in [-0.2, -0.15) is 0 Å². The van der Waals surface area contributed by atoms with Gasteiger partial charge in [0.15, 0.2) is 0 Å². The molecule has 1 amide bonds. The lowest BCUT2D eigenvalue weighted by atomic mass is 9.96. The van der Waals surface area contributed by atoms with E-state index in [-0.39, 0.29) is 0 Å². The monoisotopic (exact) mass is 324 g/mol. The lowest BCUT2D eigenvalue weighted by Crippen LogP contribution is -2.53. The van der Waals surface area contributed by atoms with Gasteiger partial charge in [-0.15, -0.1) is 0 Å². The van der Waals surface area contributed by atoms with E-state index < -0.39 is 0 Å². The molecule has 0 unspecified atom stereocenters. The number of nitrogens with zero attached hydrogens (tertiary/aromatic N) is 4. The standard InChI is InChI=1S/C19H24N4O/c1-14-10-21-18(16-6-8-20-9-7-16)23(14)13-15-11-22(12-15)19(24)17-4-2-3-5-17/h6-10,15,17H,2-5,11-13H2,1H3. The highest BCUT2D eigenvalue weighted by Gasteiger charge is 2.35. The maximum atomic E-state index is 12.4. The second-order valence-electron chi connectivity index (χ2n) is 7.16. The molecule has 2 aromatic rings. The Hall–Kier alpha value is -2.17. The summed E-state index contributed by atoms with van der Waals surface area (Å²) in [5.74, 6) is 2.22. The third-order valence-electron chi connectivity index (χ3n) is 5.41. The number of likely N-dealkylation sites (tertiary alicyclic amines) is 1. The molecule has 2 aliphatic rings. The van der Waals surface area contributed by atoms with Crippen LogP contribution < -0.4 is 0 Å². The summed E-state index contributed by atoms with van der Waals surface area (Å²) >= 11 is 0. The molecule has 1 aliphatic heterocycles. The SMILES string of the molecule is Cc1cnc(-c2ccncc2)n1CC1CN(C(=O)C2CCCC2)C1. The molecule has 0 atom stereocenters. The molecule has 0 bridgehead atoms. The Morgan fingerprint density at radius 1 is 1.21 bits per heavy atom. The van der Waals surface area contributed by atoms with E-state index in [2.05, 4.69) is 26.4 Å². The maximum absolute atomic E-state index is 12.4. The summed E-state index contributed by atoms with van der Waals surface area (Å²) in [7, 11) is 0. The van der Waals surface area contributed by atoms with Crippen LogP contribution in [0.4, 0.5) is 0 Å². The van der Waals surface area contributed by atoms with Crippen LogP contribution >= 0.6 is 0 Å². The first-order valence-corrected chi connectivity index (χ1v) is 8.93. The topological polar surface area (TPSA) is 51.0 Å². The molecule has 5 nitrogen and oxygen atoms in total. The lowest BCUT2D eigenvalue weighted by molar-refractivity contribution is -0.142. The van der Waals surface area contributed by atoms with Gasteiger partial charge in [0.25, 0.3) is 0 Å². The van der Waals surface area contributed by atoms with E-state index in [4.69, 9.17) is 0 Å². The van der Waals surface area contributed by atoms with Crippen molar-refractivity contribution >= 4 is 5.91 Å². The quantitative estimate of drug-likeness (QED) is 0.869. The normalized spacial score (nSPS) is 18.8. The van der Waals surface area contributed by atoms with Crippen LogP contribution in [0, 0.1) is 18.8 Å². The summed E-state index contributed by atoms with van der Waals surface area (Å²) < 4.78 is 2.28. The van der Waals surface area contributed by atoms with Gasteiger partial charge < -0.3 is 9.47 Å². The number of rotatable bonds is 4. The highest BCUT2D eigenvalue weighted by Crippen LogP contribution is 2.30.